The number of ether oxygens (including phenoxy) is 5. The molecule has 2 aromatic carbocycles. The maximum Gasteiger partial charge on any atom is 0.412 e. The smallest absolute Gasteiger partial charge is 0.412 e. The van der Waals surface area contributed by atoms with Crippen molar-refractivity contribution < 1.29 is 37.7 Å². The van der Waals surface area contributed by atoms with E-state index in [1.165, 1.54) is 6.07 Å². The molecule has 3 aromatic rings. The number of rotatable bonds is 11. The number of nitrogens with one attached hydrogen (secondary N) is 4. The van der Waals surface area contributed by atoms with E-state index in [1.807, 2.05) is 38.2 Å². The number of benzene rings is 2. The number of halogens is 2. The first-order valence-corrected chi connectivity index (χ1v) is 18.0. The Morgan fingerprint density at radius 1 is 1.16 bits per heavy atom. The lowest BCUT2D eigenvalue weighted by Gasteiger charge is -2.40. The first-order valence-electron chi connectivity index (χ1n) is 17.6. The molecule has 13 nitrogen and oxygen atoms in total. The number of imidazole rings is 1. The SMILES string of the molecule is CCCN(C[C@]1(C)OC(=O)Nc2ccc(Cl)c(F)c21)C(=O)[C@@H]1CCCC[C@H](C2OC2OCC)Nc2cc(NC3OC3OC)ccc2-c2c[nH]c1n2. The van der Waals surface area contributed by atoms with Gasteiger partial charge >= 0.3 is 6.09 Å². The molecule has 15 heteroatoms. The van der Waals surface area contributed by atoms with Gasteiger partial charge in [-0.05, 0) is 63.4 Å². The predicted molar refractivity (Wildman–Crippen MR) is 188 cm³/mol. The summed E-state index contributed by atoms with van der Waals surface area (Å²) >= 11 is 6.17. The Morgan fingerprint density at radius 2 is 1.98 bits per heavy atom. The summed E-state index contributed by atoms with van der Waals surface area (Å²) in [6.45, 7) is 6.36. The van der Waals surface area contributed by atoms with Crippen molar-refractivity contribution in [3.63, 3.8) is 0 Å². The molecule has 0 radical (unpaired) electrons. The molecule has 1 aromatic heterocycles. The van der Waals surface area contributed by atoms with E-state index in [0.717, 1.165) is 36.2 Å². The number of methoxy groups -OCH3 is 1. The molecule has 51 heavy (non-hydrogen) atoms. The second-order valence-electron chi connectivity index (χ2n) is 13.5. The number of aromatic nitrogens is 2. The first-order chi connectivity index (χ1) is 24.6. The van der Waals surface area contributed by atoms with Crippen LogP contribution in [0.4, 0.5) is 26.2 Å². The summed E-state index contributed by atoms with van der Waals surface area (Å²) in [5, 5.41) is 9.54. The number of nitrogens with zero attached hydrogens (tertiary/aromatic N) is 2. The molecule has 5 heterocycles. The van der Waals surface area contributed by atoms with Gasteiger partial charge in [-0.25, -0.2) is 14.2 Å². The minimum atomic E-state index is -1.49. The van der Waals surface area contributed by atoms with E-state index in [9.17, 15) is 9.59 Å². The number of carbonyl (C=O) groups is 2. The van der Waals surface area contributed by atoms with E-state index in [-0.39, 0.29) is 59.7 Å². The third-order valence-corrected chi connectivity index (χ3v) is 10.1. The molecule has 0 aliphatic carbocycles. The van der Waals surface area contributed by atoms with Crippen LogP contribution in [0.25, 0.3) is 11.3 Å². The number of hydrogen-bond donors (Lipinski definition) is 4. The minimum absolute atomic E-state index is 0.0561. The van der Waals surface area contributed by atoms with Gasteiger partial charge in [-0.3, -0.25) is 10.1 Å². The van der Waals surface area contributed by atoms with Gasteiger partial charge in [0.15, 0.2) is 23.9 Å². The molecule has 0 spiro atoms. The maximum atomic E-state index is 15.5. The lowest BCUT2D eigenvalue weighted by atomic mass is 9.90. The Labute approximate surface area is 300 Å². The van der Waals surface area contributed by atoms with E-state index in [4.69, 9.17) is 40.3 Å². The second-order valence-corrected chi connectivity index (χ2v) is 13.9. The summed E-state index contributed by atoms with van der Waals surface area (Å²) < 4.78 is 43.8. The van der Waals surface area contributed by atoms with Gasteiger partial charge in [0.05, 0.1) is 40.5 Å². The standard InChI is InChI=1S/C36H44ClFN6O7/c1-5-15-44(18-36(3)27-23(43-35(46)51-36)14-13-22(37)28(27)38)32(45)21-9-7-8-10-24(29-33(49-29)48-6-2)41-25-16-19(40-31-34(47-4)50-31)11-12-20(25)26-17-39-30(21)42-26/h11-14,16-17,21,24,29,31,33-34,40-41H,5-10,15,18H2,1-4H3,(H,39,42)(H,43,46)/t21-,24-,29?,31?,33?,34?,36+/m1/s1. The topological polar surface area (TPSA) is 155 Å². The molecule has 7 rings (SSSR count). The molecular weight excluding hydrogens is 683 g/mol. The summed E-state index contributed by atoms with van der Waals surface area (Å²) in [7, 11) is 1.60. The van der Waals surface area contributed by atoms with Crippen LogP contribution in [0, 0.1) is 5.82 Å². The quantitative estimate of drug-likeness (QED) is 0.161. The van der Waals surface area contributed by atoms with Crippen LogP contribution >= 0.6 is 11.6 Å². The third-order valence-electron chi connectivity index (χ3n) is 9.80. The summed E-state index contributed by atoms with van der Waals surface area (Å²) in [5.41, 5.74) is 2.08. The highest BCUT2D eigenvalue weighted by atomic mass is 35.5. The molecule has 2 saturated heterocycles. The van der Waals surface area contributed by atoms with Crippen molar-refractivity contribution in [1.29, 1.82) is 0 Å². The molecule has 2 bridgehead atoms. The Kier molecular flexibility index (Phi) is 10.1. The van der Waals surface area contributed by atoms with Crippen molar-refractivity contribution in [1.82, 2.24) is 14.9 Å². The molecular formula is C36H44ClFN6O7. The first kappa shape index (κ1) is 35.5. The Balaban J connectivity index is 1.20. The number of hydrogen-bond acceptors (Lipinski definition) is 10. The molecule has 0 saturated carbocycles. The number of amides is 2. The summed E-state index contributed by atoms with van der Waals surface area (Å²) in [4.78, 5) is 37.2. The normalized spacial score (nSPS) is 28.1. The maximum absolute atomic E-state index is 15.5. The highest BCUT2D eigenvalue weighted by Gasteiger charge is 2.47. The van der Waals surface area contributed by atoms with Crippen molar-refractivity contribution in [2.24, 2.45) is 0 Å². The number of anilines is 3. The van der Waals surface area contributed by atoms with Crippen molar-refractivity contribution in [2.45, 2.75) is 95.3 Å². The van der Waals surface area contributed by atoms with Crippen LogP contribution < -0.4 is 16.0 Å². The fraction of sp³-hybridized carbons (Fsp3) is 0.528. The van der Waals surface area contributed by atoms with Gasteiger partial charge < -0.3 is 44.2 Å². The average molecular weight is 727 g/mol. The van der Waals surface area contributed by atoms with E-state index in [2.05, 4.69) is 20.9 Å². The van der Waals surface area contributed by atoms with Crippen LogP contribution in [0.1, 0.15) is 70.2 Å². The minimum Gasteiger partial charge on any atom is -0.436 e. The highest BCUT2D eigenvalue weighted by molar-refractivity contribution is 6.31. The zero-order chi connectivity index (χ0) is 35.9. The van der Waals surface area contributed by atoms with Crippen molar-refractivity contribution in [3.8, 4) is 11.3 Å². The zero-order valence-electron chi connectivity index (χ0n) is 29.1. The van der Waals surface area contributed by atoms with Crippen LogP contribution in [-0.2, 0) is 34.1 Å². The number of cyclic esters (lactones) is 1. The summed E-state index contributed by atoms with van der Waals surface area (Å²) in [6.07, 6.45) is 3.59. The second kappa shape index (κ2) is 14.6. The lowest BCUT2D eigenvalue weighted by Crippen LogP contribution is -2.49. The van der Waals surface area contributed by atoms with Gasteiger partial charge in [0.2, 0.25) is 12.2 Å². The molecule has 2 amide bonds. The van der Waals surface area contributed by atoms with Gasteiger partial charge in [0.25, 0.3) is 0 Å². The number of fused-ring (bicyclic) bond motifs is 5. The summed E-state index contributed by atoms with van der Waals surface area (Å²) in [6, 6.07) is 8.83. The number of aromatic amines is 1. The van der Waals surface area contributed by atoms with Crippen molar-refractivity contribution in [3.05, 3.63) is 58.8 Å². The molecule has 7 atom stereocenters. The van der Waals surface area contributed by atoms with E-state index < -0.39 is 23.4 Å². The molecule has 4 N–H and O–H groups in total. The van der Waals surface area contributed by atoms with Crippen LogP contribution in [0.15, 0.2) is 36.5 Å². The van der Waals surface area contributed by atoms with Gasteiger partial charge in [-0.1, -0.05) is 31.4 Å². The van der Waals surface area contributed by atoms with Crippen molar-refractivity contribution >= 4 is 40.7 Å². The van der Waals surface area contributed by atoms with Crippen LogP contribution in [0.5, 0.6) is 0 Å². The van der Waals surface area contributed by atoms with Gasteiger partial charge in [-0.15, -0.1) is 0 Å². The Morgan fingerprint density at radius 3 is 2.75 bits per heavy atom. The van der Waals surface area contributed by atoms with E-state index in [1.54, 1.807) is 25.0 Å². The number of carbonyl (C=O) groups excluding carboxylic acids is 2. The molecule has 4 aliphatic rings. The molecule has 274 valence electrons. The van der Waals surface area contributed by atoms with E-state index >= 15 is 4.39 Å². The summed E-state index contributed by atoms with van der Waals surface area (Å²) in [5.74, 6) is -0.990. The third kappa shape index (κ3) is 7.38. The monoisotopic (exact) mass is 726 g/mol. The van der Waals surface area contributed by atoms with Crippen LogP contribution in [0.3, 0.4) is 0 Å². The van der Waals surface area contributed by atoms with Gasteiger partial charge in [0.1, 0.15) is 11.9 Å². The molecule has 4 unspecified atom stereocenters. The van der Waals surface area contributed by atoms with Gasteiger partial charge in [0, 0.05) is 43.4 Å². The molecule has 4 aliphatic heterocycles. The van der Waals surface area contributed by atoms with Crippen molar-refractivity contribution in [2.75, 3.05) is 42.8 Å². The lowest BCUT2D eigenvalue weighted by molar-refractivity contribution is -0.137. The average Bonchev–Trinajstić information content (AvgIpc) is 3.99. The van der Waals surface area contributed by atoms with Gasteiger partial charge in [-0.2, -0.15) is 0 Å². The highest BCUT2D eigenvalue weighted by Crippen LogP contribution is 2.42. The fourth-order valence-electron chi connectivity index (χ4n) is 7.27. The molecule has 2 fully saturated rings. The number of epoxide rings is 2. The number of H-pyrrole nitrogens is 1. The van der Waals surface area contributed by atoms with Crippen LogP contribution in [0.2, 0.25) is 5.02 Å². The Bertz CT molecular complexity index is 1780. The fourth-order valence-corrected chi connectivity index (χ4v) is 7.43. The Hall–Kier alpha value is -3.95. The predicted octanol–water partition coefficient (Wildman–Crippen LogP) is 6.53. The largest absolute Gasteiger partial charge is 0.436 e. The van der Waals surface area contributed by atoms with Crippen LogP contribution in [-0.4, -0.2) is 84.6 Å². The zero-order valence-corrected chi connectivity index (χ0v) is 29.8. The van der Waals surface area contributed by atoms with E-state index in [0.29, 0.717) is 37.5 Å².